The number of hydrogen-bond acceptors (Lipinski definition) is 5. The Morgan fingerprint density at radius 2 is 1.79 bits per heavy atom. The zero-order valence-electron chi connectivity index (χ0n) is 13.4. The number of anilines is 1. The van der Waals surface area contributed by atoms with Crippen molar-refractivity contribution in [1.29, 1.82) is 0 Å². The quantitative estimate of drug-likeness (QED) is 0.711. The fourth-order valence-electron chi connectivity index (χ4n) is 2.28. The van der Waals surface area contributed by atoms with Gasteiger partial charge in [0.05, 0.1) is 19.9 Å². The minimum absolute atomic E-state index is 0.249. The van der Waals surface area contributed by atoms with Gasteiger partial charge in [-0.15, -0.1) is 11.3 Å². The van der Waals surface area contributed by atoms with Crippen LogP contribution in [-0.2, 0) is 6.54 Å². The summed E-state index contributed by atoms with van der Waals surface area (Å²) in [7, 11) is 3.23. The van der Waals surface area contributed by atoms with E-state index in [1.807, 2.05) is 23.6 Å². The summed E-state index contributed by atoms with van der Waals surface area (Å²) in [6.45, 7) is 0.622. The Labute approximate surface area is 143 Å². The van der Waals surface area contributed by atoms with Gasteiger partial charge >= 0.3 is 0 Å². The van der Waals surface area contributed by atoms with E-state index in [9.17, 15) is 4.39 Å². The van der Waals surface area contributed by atoms with Crippen molar-refractivity contribution in [2.75, 3.05) is 19.5 Å². The van der Waals surface area contributed by atoms with Crippen molar-refractivity contribution in [2.24, 2.45) is 0 Å². The number of methoxy groups -OCH3 is 2. The van der Waals surface area contributed by atoms with Crippen LogP contribution in [0.3, 0.4) is 0 Å². The largest absolute Gasteiger partial charge is 0.493 e. The van der Waals surface area contributed by atoms with Gasteiger partial charge in [0.1, 0.15) is 5.82 Å². The van der Waals surface area contributed by atoms with Gasteiger partial charge in [-0.2, -0.15) is 0 Å². The molecule has 0 saturated carbocycles. The Bertz CT molecular complexity index is 818. The van der Waals surface area contributed by atoms with Crippen LogP contribution in [0.15, 0.2) is 47.8 Å². The predicted molar refractivity (Wildman–Crippen MR) is 94.4 cm³/mol. The van der Waals surface area contributed by atoms with Gasteiger partial charge in [-0.3, -0.25) is 0 Å². The molecule has 1 N–H and O–H groups in total. The Morgan fingerprint density at radius 1 is 1.04 bits per heavy atom. The number of aromatic nitrogens is 1. The molecule has 24 heavy (non-hydrogen) atoms. The second kappa shape index (κ2) is 7.31. The SMILES string of the molecule is COc1ccc(CNc2nc(-c3ccc(F)cc3)cs2)cc1OC. The van der Waals surface area contributed by atoms with E-state index in [0.29, 0.717) is 18.0 Å². The fourth-order valence-corrected chi connectivity index (χ4v) is 3.00. The number of hydrogen-bond donors (Lipinski definition) is 1. The first-order valence-corrected chi connectivity index (χ1v) is 8.24. The topological polar surface area (TPSA) is 43.4 Å². The van der Waals surface area contributed by atoms with E-state index < -0.39 is 0 Å². The number of halogens is 1. The highest BCUT2D eigenvalue weighted by atomic mass is 32.1. The lowest BCUT2D eigenvalue weighted by molar-refractivity contribution is 0.354. The minimum Gasteiger partial charge on any atom is -0.493 e. The van der Waals surface area contributed by atoms with Gasteiger partial charge in [0.2, 0.25) is 0 Å². The van der Waals surface area contributed by atoms with Gasteiger partial charge in [0.15, 0.2) is 16.6 Å². The first kappa shape index (κ1) is 16.3. The molecule has 0 spiro atoms. The lowest BCUT2D eigenvalue weighted by Crippen LogP contribution is -2.00. The van der Waals surface area contributed by atoms with Gasteiger partial charge < -0.3 is 14.8 Å². The highest BCUT2D eigenvalue weighted by Gasteiger charge is 2.07. The molecule has 0 aliphatic rings. The van der Waals surface area contributed by atoms with Gasteiger partial charge in [-0.25, -0.2) is 9.37 Å². The second-order valence-electron chi connectivity index (χ2n) is 5.09. The third kappa shape index (κ3) is 3.65. The summed E-state index contributed by atoms with van der Waals surface area (Å²) in [5.74, 6) is 1.15. The van der Waals surface area contributed by atoms with Crippen LogP contribution in [0.5, 0.6) is 11.5 Å². The Balaban J connectivity index is 1.68. The van der Waals surface area contributed by atoms with E-state index in [-0.39, 0.29) is 5.82 Å². The highest BCUT2D eigenvalue weighted by Crippen LogP contribution is 2.29. The van der Waals surface area contributed by atoms with Crippen molar-refractivity contribution in [3.05, 3.63) is 59.2 Å². The average Bonchev–Trinajstić information content (AvgIpc) is 3.09. The van der Waals surface area contributed by atoms with Crippen LogP contribution >= 0.6 is 11.3 Å². The van der Waals surface area contributed by atoms with Crippen LogP contribution < -0.4 is 14.8 Å². The molecule has 1 aromatic heterocycles. The number of thiazole rings is 1. The van der Waals surface area contributed by atoms with Crippen molar-refractivity contribution in [2.45, 2.75) is 6.54 Å². The van der Waals surface area contributed by atoms with Crippen LogP contribution in [0.1, 0.15) is 5.56 Å². The number of benzene rings is 2. The summed E-state index contributed by atoms with van der Waals surface area (Å²) in [4.78, 5) is 4.53. The van der Waals surface area contributed by atoms with E-state index in [4.69, 9.17) is 9.47 Å². The highest BCUT2D eigenvalue weighted by molar-refractivity contribution is 7.14. The molecule has 3 aromatic rings. The summed E-state index contributed by atoms with van der Waals surface area (Å²) in [5, 5.41) is 6.05. The molecule has 0 aliphatic carbocycles. The third-order valence-corrected chi connectivity index (χ3v) is 4.34. The molecule has 1 heterocycles. The normalized spacial score (nSPS) is 10.5. The molecule has 6 heteroatoms. The minimum atomic E-state index is -0.249. The molecule has 0 atom stereocenters. The Kier molecular flexibility index (Phi) is 4.96. The fraction of sp³-hybridized carbons (Fsp3) is 0.167. The number of rotatable bonds is 6. The first-order chi connectivity index (χ1) is 11.7. The summed E-state index contributed by atoms with van der Waals surface area (Å²) < 4.78 is 23.5. The van der Waals surface area contributed by atoms with Crippen LogP contribution in [0, 0.1) is 5.82 Å². The summed E-state index contributed by atoms with van der Waals surface area (Å²) in [6.07, 6.45) is 0. The number of nitrogens with zero attached hydrogens (tertiary/aromatic N) is 1. The zero-order chi connectivity index (χ0) is 16.9. The smallest absolute Gasteiger partial charge is 0.183 e. The van der Waals surface area contributed by atoms with Crippen molar-refractivity contribution < 1.29 is 13.9 Å². The van der Waals surface area contributed by atoms with E-state index >= 15 is 0 Å². The van der Waals surface area contributed by atoms with Crippen LogP contribution in [0.25, 0.3) is 11.3 Å². The molecule has 0 unspecified atom stereocenters. The summed E-state index contributed by atoms with van der Waals surface area (Å²) in [6, 6.07) is 12.1. The van der Waals surface area contributed by atoms with Gasteiger partial charge in [0.25, 0.3) is 0 Å². The molecule has 0 saturated heterocycles. The third-order valence-electron chi connectivity index (χ3n) is 3.54. The van der Waals surface area contributed by atoms with Gasteiger partial charge in [-0.1, -0.05) is 6.07 Å². The lowest BCUT2D eigenvalue weighted by atomic mass is 10.2. The van der Waals surface area contributed by atoms with Crippen molar-refractivity contribution in [3.63, 3.8) is 0 Å². The number of ether oxygens (including phenoxy) is 2. The maximum atomic E-state index is 13.0. The van der Waals surface area contributed by atoms with Gasteiger partial charge in [-0.05, 0) is 42.0 Å². The van der Waals surface area contributed by atoms with Crippen LogP contribution in [0.2, 0.25) is 0 Å². The maximum Gasteiger partial charge on any atom is 0.183 e. The molecule has 0 aliphatic heterocycles. The van der Waals surface area contributed by atoms with Crippen molar-refractivity contribution >= 4 is 16.5 Å². The summed E-state index contributed by atoms with van der Waals surface area (Å²) >= 11 is 1.51. The molecule has 2 aromatic carbocycles. The van der Waals surface area contributed by atoms with E-state index in [1.54, 1.807) is 26.4 Å². The monoisotopic (exact) mass is 344 g/mol. The maximum absolute atomic E-state index is 13.0. The Morgan fingerprint density at radius 3 is 2.50 bits per heavy atom. The predicted octanol–water partition coefficient (Wildman–Crippen LogP) is 4.58. The molecular weight excluding hydrogens is 327 g/mol. The molecule has 0 bridgehead atoms. The molecular formula is C18H17FN2O2S. The second-order valence-corrected chi connectivity index (χ2v) is 5.95. The number of nitrogens with one attached hydrogen (secondary N) is 1. The molecule has 0 radical (unpaired) electrons. The van der Waals surface area contributed by atoms with E-state index in [0.717, 1.165) is 22.0 Å². The van der Waals surface area contributed by atoms with E-state index in [2.05, 4.69) is 10.3 Å². The molecule has 4 nitrogen and oxygen atoms in total. The van der Waals surface area contributed by atoms with Crippen molar-refractivity contribution in [1.82, 2.24) is 4.98 Å². The lowest BCUT2D eigenvalue weighted by Gasteiger charge is -2.09. The Hall–Kier alpha value is -2.60. The molecule has 0 amide bonds. The van der Waals surface area contributed by atoms with Crippen molar-refractivity contribution in [3.8, 4) is 22.8 Å². The average molecular weight is 344 g/mol. The van der Waals surface area contributed by atoms with Crippen LogP contribution in [0.4, 0.5) is 9.52 Å². The van der Waals surface area contributed by atoms with E-state index in [1.165, 1.54) is 23.5 Å². The first-order valence-electron chi connectivity index (χ1n) is 7.36. The molecule has 124 valence electrons. The summed E-state index contributed by atoms with van der Waals surface area (Å²) in [5.41, 5.74) is 2.79. The standard InChI is InChI=1S/C18H17FN2O2S/c1-22-16-8-3-12(9-17(16)23-2)10-20-18-21-15(11-24-18)13-4-6-14(19)7-5-13/h3-9,11H,10H2,1-2H3,(H,20,21). The van der Waals surface area contributed by atoms with Crippen LogP contribution in [-0.4, -0.2) is 19.2 Å². The molecule has 3 rings (SSSR count). The zero-order valence-corrected chi connectivity index (χ0v) is 14.2. The molecule has 0 fully saturated rings. The van der Waals surface area contributed by atoms with Gasteiger partial charge in [0, 0.05) is 17.5 Å².